The van der Waals surface area contributed by atoms with Crippen molar-refractivity contribution in [3.63, 3.8) is 0 Å². The van der Waals surface area contributed by atoms with Crippen molar-refractivity contribution in [2.75, 3.05) is 27.3 Å². The fourth-order valence-corrected chi connectivity index (χ4v) is 1.93. The zero-order valence-corrected chi connectivity index (χ0v) is 12.2. The third kappa shape index (κ3) is 5.17. The summed E-state index contributed by atoms with van der Waals surface area (Å²) in [4.78, 5) is 0. The molecule has 3 nitrogen and oxygen atoms in total. The van der Waals surface area contributed by atoms with E-state index in [0.717, 1.165) is 11.0 Å². The minimum Gasteiger partial charge on any atom is -0.382 e. The lowest BCUT2D eigenvalue weighted by molar-refractivity contribution is -0.0387. The van der Waals surface area contributed by atoms with Crippen molar-refractivity contribution in [2.45, 2.75) is 19.1 Å². The fourth-order valence-electron chi connectivity index (χ4n) is 1.66. The molecule has 0 heterocycles. The number of methoxy groups -OCH3 is 1. The molecular weight excluding hydrogens is 282 g/mol. The molecule has 2 atom stereocenters. The first-order valence-electron chi connectivity index (χ1n) is 5.71. The SMILES string of the molecule is CNCC(OC(C)COC)c1ccc(Br)cc1. The van der Waals surface area contributed by atoms with Gasteiger partial charge in [0, 0.05) is 18.1 Å². The van der Waals surface area contributed by atoms with E-state index in [2.05, 4.69) is 33.4 Å². The highest BCUT2D eigenvalue weighted by Crippen LogP contribution is 2.21. The largest absolute Gasteiger partial charge is 0.382 e. The third-order valence-electron chi connectivity index (χ3n) is 2.43. The topological polar surface area (TPSA) is 30.5 Å². The van der Waals surface area contributed by atoms with E-state index < -0.39 is 0 Å². The van der Waals surface area contributed by atoms with Gasteiger partial charge in [-0.25, -0.2) is 0 Å². The van der Waals surface area contributed by atoms with Gasteiger partial charge in [-0.3, -0.25) is 0 Å². The van der Waals surface area contributed by atoms with Gasteiger partial charge in [-0.2, -0.15) is 0 Å². The summed E-state index contributed by atoms with van der Waals surface area (Å²) in [5.74, 6) is 0. The van der Waals surface area contributed by atoms with E-state index in [1.165, 1.54) is 5.56 Å². The maximum Gasteiger partial charge on any atom is 0.0953 e. The van der Waals surface area contributed by atoms with E-state index in [-0.39, 0.29) is 12.2 Å². The van der Waals surface area contributed by atoms with E-state index in [4.69, 9.17) is 9.47 Å². The van der Waals surface area contributed by atoms with E-state index >= 15 is 0 Å². The van der Waals surface area contributed by atoms with E-state index in [1.54, 1.807) is 7.11 Å². The van der Waals surface area contributed by atoms with Gasteiger partial charge in [0.05, 0.1) is 18.8 Å². The van der Waals surface area contributed by atoms with Crippen LogP contribution in [-0.4, -0.2) is 33.4 Å². The van der Waals surface area contributed by atoms with Gasteiger partial charge in [-0.1, -0.05) is 28.1 Å². The quantitative estimate of drug-likeness (QED) is 0.840. The van der Waals surface area contributed by atoms with E-state index in [1.807, 2.05) is 26.1 Å². The number of benzene rings is 1. The maximum atomic E-state index is 5.95. The van der Waals surface area contributed by atoms with E-state index in [0.29, 0.717) is 6.61 Å². The monoisotopic (exact) mass is 301 g/mol. The minimum atomic E-state index is 0.0539. The molecule has 0 aliphatic carbocycles. The van der Waals surface area contributed by atoms with Crippen LogP contribution in [0.4, 0.5) is 0 Å². The molecule has 0 saturated carbocycles. The second-order valence-electron chi connectivity index (χ2n) is 4.00. The number of ether oxygens (including phenoxy) is 2. The summed E-state index contributed by atoms with van der Waals surface area (Å²) < 4.78 is 12.1. The Hall–Kier alpha value is -0.420. The molecule has 1 N–H and O–H groups in total. The van der Waals surface area contributed by atoms with Gasteiger partial charge < -0.3 is 14.8 Å². The Labute approximate surface area is 112 Å². The van der Waals surface area contributed by atoms with Crippen LogP contribution in [0.15, 0.2) is 28.7 Å². The lowest BCUT2D eigenvalue weighted by Gasteiger charge is -2.22. The van der Waals surface area contributed by atoms with E-state index in [9.17, 15) is 0 Å². The number of halogens is 1. The highest BCUT2D eigenvalue weighted by Gasteiger charge is 2.14. The highest BCUT2D eigenvalue weighted by atomic mass is 79.9. The molecule has 2 unspecified atom stereocenters. The number of nitrogens with one attached hydrogen (secondary N) is 1. The van der Waals surface area contributed by atoms with Crippen LogP contribution in [0.1, 0.15) is 18.6 Å². The highest BCUT2D eigenvalue weighted by molar-refractivity contribution is 9.10. The predicted octanol–water partition coefficient (Wildman–Crippen LogP) is 2.76. The molecule has 96 valence electrons. The summed E-state index contributed by atoms with van der Waals surface area (Å²) >= 11 is 3.43. The van der Waals surface area contributed by atoms with Crippen molar-refractivity contribution in [2.24, 2.45) is 0 Å². The molecule has 1 rings (SSSR count). The molecule has 0 fully saturated rings. The molecule has 0 amide bonds. The van der Waals surface area contributed by atoms with Gasteiger partial charge in [0.2, 0.25) is 0 Å². The zero-order chi connectivity index (χ0) is 12.7. The van der Waals surface area contributed by atoms with Crippen LogP contribution in [0.2, 0.25) is 0 Å². The molecule has 17 heavy (non-hydrogen) atoms. The maximum absolute atomic E-state index is 5.95. The molecule has 1 aromatic rings. The van der Waals surface area contributed by atoms with Crippen molar-refractivity contribution in [3.8, 4) is 0 Å². The third-order valence-corrected chi connectivity index (χ3v) is 2.96. The summed E-state index contributed by atoms with van der Waals surface area (Å²) in [6.45, 7) is 3.41. The van der Waals surface area contributed by atoms with Crippen molar-refractivity contribution in [3.05, 3.63) is 34.3 Å². The smallest absolute Gasteiger partial charge is 0.0953 e. The Morgan fingerprint density at radius 1 is 1.29 bits per heavy atom. The van der Waals surface area contributed by atoms with Crippen LogP contribution in [0.3, 0.4) is 0 Å². The van der Waals surface area contributed by atoms with Gasteiger partial charge in [0.15, 0.2) is 0 Å². The van der Waals surface area contributed by atoms with Crippen LogP contribution in [-0.2, 0) is 9.47 Å². The molecule has 0 spiro atoms. The van der Waals surface area contributed by atoms with Crippen LogP contribution in [0.25, 0.3) is 0 Å². The standard InChI is InChI=1S/C13H20BrNO2/c1-10(9-16-3)17-13(8-15-2)11-4-6-12(14)7-5-11/h4-7,10,13,15H,8-9H2,1-3H3. The second-order valence-corrected chi connectivity index (χ2v) is 4.92. The Bertz CT molecular complexity index is 316. The van der Waals surface area contributed by atoms with Gasteiger partial charge in [0.1, 0.15) is 0 Å². The zero-order valence-electron chi connectivity index (χ0n) is 10.6. The summed E-state index contributed by atoms with van der Waals surface area (Å²) in [6.07, 6.45) is 0.139. The van der Waals surface area contributed by atoms with Crippen molar-refractivity contribution in [1.29, 1.82) is 0 Å². The van der Waals surface area contributed by atoms with Gasteiger partial charge in [0.25, 0.3) is 0 Å². The normalized spacial score (nSPS) is 14.6. The first-order chi connectivity index (χ1) is 8.17. The fraction of sp³-hybridized carbons (Fsp3) is 0.538. The molecule has 0 bridgehead atoms. The summed E-state index contributed by atoms with van der Waals surface area (Å²) in [7, 11) is 3.61. The van der Waals surface area contributed by atoms with Crippen LogP contribution < -0.4 is 5.32 Å². The molecular formula is C13H20BrNO2. The molecule has 0 aliphatic heterocycles. The summed E-state index contributed by atoms with van der Waals surface area (Å²) in [5.41, 5.74) is 1.17. The second kappa shape index (κ2) is 7.82. The number of hydrogen-bond donors (Lipinski definition) is 1. The average molecular weight is 302 g/mol. The Balaban J connectivity index is 2.67. The molecule has 0 radical (unpaired) electrons. The number of rotatable bonds is 7. The molecule has 1 aromatic carbocycles. The molecule has 0 aliphatic rings. The molecule has 0 aromatic heterocycles. The van der Waals surface area contributed by atoms with Crippen LogP contribution >= 0.6 is 15.9 Å². The lowest BCUT2D eigenvalue weighted by Crippen LogP contribution is -2.25. The Morgan fingerprint density at radius 3 is 2.47 bits per heavy atom. The molecule has 0 saturated heterocycles. The Kier molecular flexibility index (Phi) is 6.73. The van der Waals surface area contributed by atoms with Crippen molar-refractivity contribution < 1.29 is 9.47 Å². The molecule has 4 heteroatoms. The van der Waals surface area contributed by atoms with Gasteiger partial charge >= 0.3 is 0 Å². The summed E-state index contributed by atoms with van der Waals surface area (Å²) in [5, 5.41) is 3.15. The predicted molar refractivity (Wildman–Crippen MR) is 73.2 cm³/mol. The average Bonchev–Trinajstić information content (AvgIpc) is 2.30. The first-order valence-corrected chi connectivity index (χ1v) is 6.51. The summed E-state index contributed by atoms with van der Waals surface area (Å²) in [6, 6.07) is 8.21. The number of likely N-dealkylation sites (N-methyl/N-ethyl adjacent to an activating group) is 1. The minimum absolute atomic E-state index is 0.0539. The number of hydrogen-bond acceptors (Lipinski definition) is 3. The van der Waals surface area contributed by atoms with Crippen LogP contribution in [0.5, 0.6) is 0 Å². The van der Waals surface area contributed by atoms with Gasteiger partial charge in [-0.05, 0) is 31.7 Å². The van der Waals surface area contributed by atoms with Gasteiger partial charge in [-0.15, -0.1) is 0 Å². The van der Waals surface area contributed by atoms with Crippen molar-refractivity contribution >= 4 is 15.9 Å². The lowest BCUT2D eigenvalue weighted by atomic mass is 10.1. The van der Waals surface area contributed by atoms with Crippen LogP contribution in [0, 0.1) is 0 Å². The Morgan fingerprint density at radius 2 is 1.94 bits per heavy atom. The van der Waals surface area contributed by atoms with Crippen molar-refractivity contribution in [1.82, 2.24) is 5.32 Å². The first kappa shape index (κ1) is 14.6.